The second-order valence-electron chi connectivity index (χ2n) is 5.06. The predicted molar refractivity (Wildman–Crippen MR) is 72.8 cm³/mol. The van der Waals surface area contributed by atoms with Crippen molar-refractivity contribution in [3.63, 3.8) is 0 Å². The van der Waals surface area contributed by atoms with Gasteiger partial charge >= 0.3 is 0 Å². The highest BCUT2D eigenvalue weighted by atomic mass is 16.5. The van der Waals surface area contributed by atoms with Crippen molar-refractivity contribution in [1.82, 2.24) is 9.97 Å². The van der Waals surface area contributed by atoms with E-state index >= 15 is 0 Å². The molecule has 0 saturated heterocycles. The number of nitrogens with two attached hydrogens (primary N) is 1. The zero-order valence-corrected chi connectivity index (χ0v) is 11.4. The van der Waals surface area contributed by atoms with Gasteiger partial charge in [-0.25, -0.2) is 9.97 Å². The molecular formula is C13H22N4O. The lowest BCUT2D eigenvalue weighted by atomic mass is 10.3. The Hall–Kier alpha value is -1.36. The monoisotopic (exact) mass is 250 g/mol. The summed E-state index contributed by atoms with van der Waals surface area (Å²) >= 11 is 0. The number of nitrogens with zero attached hydrogens (tertiary/aromatic N) is 3. The number of anilines is 2. The number of rotatable bonds is 6. The molecule has 18 heavy (non-hydrogen) atoms. The Morgan fingerprint density at radius 2 is 2.17 bits per heavy atom. The first kappa shape index (κ1) is 13.1. The van der Waals surface area contributed by atoms with Gasteiger partial charge in [0.2, 0.25) is 0 Å². The zero-order chi connectivity index (χ0) is 13.1. The van der Waals surface area contributed by atoms with Crippen molar-refractivity contribution >= 4 is 11.6 Å². The van der Waals surface area contributed by atoms with Crippen molar-refractivity contribution in [3.05, 3.63) is 11.9 Å². The van der Waals surface area contributed by atoms with Gasteiger partial charge in [0.15, 0.2) is 0 Å². The van der Waals surface area contributed by atoms with Crippen LogP contribution in [0.3, 0.4) is 0 Å². The molecule has 2 rings (SSSR count). The van der Waals surface area contributed by atoms with E-state index in [9.17, 15) is 0 Å². The lowest BCUT2D eigenvalue weighted by molar-refractivity contribution is 0.203. The van der Waals surface area contributed by atoms with Crippen molar-refractivity contribution < 1.29 is 4.74 Å². The van der Waals surface area contributed by atoms with E-state index in [0.717, 1.165) is 18.2 Å². The highest BCUT2D eigenvalue weighted by Gasteiger charge is 2.28. The molecule has 0 aliphatic heterocycles. The quantitative estimate of drug-likeness (QED) is 0.834. The molecule has 0 aromatic carbocycles. The second kappa shape index (κ2) is 5.52. The Morgan fingerprint density at radius 1 is 1.44 bits per heavy atom. The predicted octanol–water partition coefficient (Wildman–Crippen LogP) is 1.80. The van der Waals surface area contributed by atoms with Crippen molar-refractivity contribution in [2.24, 2.45) is 0 Å². The standard InChI is InChI=1S/C13H22N4O/c1-9(2)17(6-7-18-3)12-8-11(14)15-13(16-12)10-4-5-10/h8-10H,4-7H2,1-3H3,(H2,14,15,16). The van der Waals surface area contributed by atoms with Crippen LogP contribution in [0.2, 0.25) is 0 Å². The normalized spacial score (nSPS) is 15.1. The first-order chi connectivity index (χ1) is 8.61. The maximum atomic E-state index is 5.88. The van der Waals surface area contributed by atoms with Crippen molar-refractivity contribution in [2.75, 3.05) is 30.9 Å². The molecule has 1 heterocycles. The van der Waals surface area contributed by atoms with E-state index in [-0.39, 0.29) is 0 Å². The van der Waals surface area contributed by atoms with Gasteiger partial charge in [0.25, 0.3) is 0 Å². The Labute approximate surface area is 108 Å². The van der Waals surface area contributed by atoms with Gasteiger partial charge in [0.05, 0.1) is 6.61 Å². The molecule has 0 unspecified atom stereocenters. The lowest BCUT2D eigenvalue weighted by Gasteiger charge is -2.28. The lowest BCUT2D eigenvalue weighted by Crippen LogP contribution is -2.34. The SMILES string of the molecule is COCCN(c1cc(N)nc(C2CC2)n1)C(C)C. The number of hydrogen-bond donors (Lipinski definition) is 1. The molecule has 1 aromatic heterocycles. The van der Waals surface area contributed by atoms with Crippen LogP contribution in [0.5, 0.6) is 0 Å². The maximum absolute atomic E-state index is 5.88. The number of nitrogen functional groups attached to an aromatic ring is 1. The smallest absolute Gasteiger partial charge is 0.136 e. The summed E-state index contributed by atoms with van der Waals surface area (Å²) in [4.78, 5) is 11.2. The summed E-state index contributed by atoms with van der Waals surface area (Å²) in [6.07, 6.45) is 2.37. The minimum atomic E-state index is 0.363. The van der Waals surface area contributed by atoms with E-state index in [1.807, 2.05) is 6.07 Å². The highest BCUT2D eigenvalue weighted by Crippen LogP contribution is 2.39. The number of ether oxygens (including phenoxy) is 1. The molecule has 5 heteroatoms. The molecule has 0 radical (unpaired) electrons. The van der Waals surface area contributed by atoms with Crippen molar-refractivity contribution in [1.29, 1.82) is 0 Å². The molecule has 1 fully saturated rings. The molecule has 0 bridgehead atoms. The van der Waals surface area contributed by atoms with Crippen LogP contribution in [0.15, 0.2) is 6.07 Å². The third kappa shape index (κ3) is 3.10. The van der Waals surface area contributed by atoms with Crippen molar-refractivity contribution in [3.8, 4) is 0 Å². The van der Waals surface area contributed by atoms with Crippen LogP contribution in [0, 0.1) is 0 Å². The van der Waals surface area contributed by atoms with Gasteiger partial charge < -0.3 is 15.4 Å². The summed E-state index contributed by atoms with van der Waals surface area (Å²) in [5.41, 5.74) is 5.88. The summed E-state index contributed by atoms with van der Waals surface area (Å²) in [6, 6.07) is 2.21. The Balaban J connectivity index is 2.22. The average Bonchev–Trinajstić information content (AvgIpc) is 3.12. The minimum Gasteiger partial charge on any atom is -0.384 e. The number of hydrogen-bond acceptors (Lipinski definition) is 5. The summed E-state index contributed by atoms with van der Waals surface area (Å²) in [6.45, 7) is 5.78. The average molecular weight is 250 g/mol. The zero-order valence-electron chi connectivity index (χ0n) is 11.4. The van der Waals surface area contributed by atoms with Gasteiger partial charge in [-0.05, 0) is 26.7 Å². The first-order valence-corrected chi connectivity index (χ1v) is 6.52. The molecule has 1 saturated carbocycles. The summed E-state index contributed by atoms with van der Waals surface area (Å²) in [7, 11) is 1.71. The molecule has 1 aromatic rings. The Morgan fingerprint density at radius 3 is 2.72 bits per heavy atom. The van der Waals surface area contributed by atoms with Gasteiger partial charge in [-0.1, -0.05) is 0 Å². The van der Waals surface area contributed by atoms with E-state index < -0.39 is 0 Å². The fourth-order valence-corrected chi connectivity index (χ4v) is 1.97. The van der Waals surface area contributed by atoms with Crippen LogP contribution < -0.4 is 10.6 Å². The highest BCUT2D eigenvalue weighted by molar-refractivity contribution is 5.48. The van der Waals surface area contributed by atoms with Crippen LogP contribution in [-0.2, 0) is 4.74 Å². The van der Waals surface area contributed by atoms with E-state index in [0.29, 0.717) is 24.4 Å². The largest absolute Gasteiger partial charge is 0.384 e. The fraction of sp³-hybridized carbons (Fsp3) is 0.692. The molecule has 0 amide bonds. The molecule has 100 valence electrons. The fourth-order valence-electron chi connectivity index (χ4n) is 1.97. The summed E-state index contributed by atoms with van der Waals surface area (Å²) < 4.78 is 5.15. The molecule has 1 aliphatic rings. The van der Waals surface area contributed by atoms with E-state index in [2.05, 4.69) is 28.7 Å². The maximum Gasteiger partial charge on any atom is 0.136 e. The van der Waals surface area contributed by atoms with Gasteiger partial charge in [-0.2, -0.15) is 0 Å². The molecule has 0 spiro atoms. The second-order valence-corrected chi connectivity index (χ2v) is 5.06. The number of aromatic nitrogens is 2. The molecule has 1 aliphatic carbocycles. The molecular weight excluding hydrogens is 228 g/mol. The molecule has 0 atom stereocenters. The van der Waals surface area contributed by atoms with Gasteiger partial charge in [-0.15, -0.1) is 0 Å². The van der Waals surface area contributed by atoms with Crippen LogP contribution in [0.1, 0.15) is 38.4 Å². The topological polar surface area (TPSA) is 64.3 Å². The van der Waals surface area contributed by atoms with Gasteiger partial charge in [0.1, 0.15) is 17.5 Å². The van der Waals surface area contributed by atoms with Gasteiger partial charge in [-0.3, -0.25) is 0 Å². The van der Waals surface area contributed by atoms with Gasteiger partial charge in [0, 0.05) is 31.7 Å². The number of methoxy groups -OCH3 is 1. The first-order valence-electron chi connectivity index (χ1n) is 6.52. The van der Waals surface area contributed by atoms with E-state index in [1.165, 1.54) is 12.8 Å². The Bertz CT molecular complexity index is 404. The van der Waals surface area contributed by atoms with E-state index in [4.69, 9.17) is 10.5 Å². The third-order valence-corrected chi connectivity index (χ3v) is 3.15. The minimum absolute atomic E-state index is 0.363. The van der Waals surface area contributed by atoms with Crippen LogP contribution in [0.25, 0.3) is 0 Å². The van der Waals surface area contributed by atoms with Crippen LogP contribution in [0.4, 0.5) is 11.6 Å². The third-order valence-electron chi connectivity index (χ3n) is 3.15. The van der Waals surface area contributed by atoms with E-state index in [1.54, 1.807) is 7.11 Å². The van der Waals surface area contributed by atoms with Crippen molar-refractivity contribution in [2.45, 2.75) is 38.6 Å². The van der Waals surface area contributed by atoms with Crippen LogP contribution in [-0.4, -0.2) is 36.3 Å². The molecule has 5 nitrogen and oxygen atoms in total. The van der Waals surface area contributed by atoms with Crippen LogP contribution >= 0.6 is 0 Å². The summed E-state index contributed by atoms with van der Waals surface area (Å²) in [5.74, 6) is 2.89. The summed E-state index contributed by atoms with van der Waals surface area (Å²) in [5, 5.41) is 0. The Kier molecular flexibility index (Phi) is 4.01. The molecule has 2 N–H and O–H groups in total.